The fourth-order valence-electron chi connectivity index (χ4n) is 2.58. The average molecular weight is 341 g/mol. The Labute approximate surface area is 150 Å². The largest absolute Gasteiger partial charge is 0.375 e. The van der Waals surface area contributed by atoms with Crippen molar-refractivity contribution in [1.82, 2.24) is 0 Å². The molecule has 0 spiro atoms. The van der Waals surface area contributed by atoms with Crippen LogP contribution < -0.4 is 0 Å². The van der Waals surface area contributed by atoms with Gasteiger partial charge in [0.1, 0.15) is 5.78 Å². The fourth-order valence-corrected chi connectivity index (χ4v) is 2.58. The minimum Gasteiger partial charge on any atom is -0.375 e. The van der Waals surface area contributed by atoms with Crippen LogP contribution in [-0.4, -0.2) is 30.2 Å². The van der Waals surface area contributed by atoms with Crippen LogP contribution in [0.5, 0.6) is 0 Å². The summed E-state index contributed by atoms with van der Waals surface area (Å²) in [4.78, 5) is 11.0. The Morgan fingerprint density at radius 2 is 1.33 bits per heavy atom. The monoisotopic (exact) mass is 340 g/mol. The third-order valence-corrected chi connectivity index (χ3v) is 4.45. The van der Waals surface area contributed by atoms with E-state index in [4.69, 9.17) is 9.47 Å². The highest BCUT2D eigenvalue weighted by Crippen LogP contribution is 2.31. The maximum Gasteiger partial charge on any atom is 0.132 e. The van der Waals surface area contributed by atoms with E-state index in [1.54, 1.807) is 6.92 Å². The van der Waals surface area contributed by atoms with Crippen LogP contribution in [-0.2, 0) is 14.3 Å². The molecule has 0 unspecified atom stereocenters. The minimum atomic E-state index is -0.259. The van der Waals surface area contributed by atoms with E-state index in [9.17, 15) is 4.79 Å². The minimum absolute atomic E-state index is 0.144. The van der Waals surface area contributed by atoms with Gasteiger partial charge in [0.15, 0.2) is 0 Å². The molecule has 0 aromatic rings. The Bertz CT molecular complexity index is 411. The Hall–Kier alpha value is -0.670. The Morgan fingerprint density at radius 1 is 0.833 bits per heavy atom. The number of carbonyl (C=O) groups is 1. The quantitative estimate of drug-likeness (QED) is 0.451. The van der Waals surface area contributed by atoms with Gasteiger partial charge in [-0.25, -0.2) is 0 Å². The second kappa shape index (κ2) is 9.72. The molecule has 0 aliphatic heterocycles. The second-order valence-electron chi connectivity index (χ2n) is 8.98. The molecule has 142 valence electrons. The van der Waals surface area contributed by atoms with Crippen LogP contribution in [0.1, 0.15) is 88.0 Å². The predicted octanol–water partition coefficient (Wildman–Crippen LogP) is 5.72. The third-order valence-electron chi connectivity index (χ3n) is 4.45. The van der Waals surface area contributed by atoms with Gasteiger partial charge in [-0.05, 0) is 66.2 Å². The molecule has 3 nitrogen and oxygen atoms in total. The summed E-state index contributed by atoms with van der Waals surface area (Å²) < 4.78 is 11.9. The molecule has 0 atom stereocenters. The van der Waals surface area contributed by atoms with Crippen molar-refractivity contribution in [3.05, 3.63) is 11.6 Å². The van der Waals surface area contributed by atoms with Crippen LogP contribution in [0, 0.1) is 5.41 Å². The molecule has 0 aliphatic rings. The number of allylic oxidation sites excluding steroid dienone is 2. The summed E-state index contributed by atoms with van der Waals surface area (Å²) in [5, 5.41) is 0. The Balaban J connectivity index is 4.26. The van der Waals surface area contributed by atoms with E-state index in [2.05, 4.69) is 61.5 Å². The van der Waals surface area contributed by atoms with E-state index in [0.717, 1.165) is 19.3 Å². The van der Waals surface area contributed by atoms with Crippen LogP contribution in [0.3, 0.4) is 0 Å². The number of ketones is 1. The molecule has 3 heteroatoms. The number of hydrogen-bond acceptors (Lipinski definition) is 3. The molecule has 0 bridgehead atoms. The van der Waals surface area contributed by atoms with Gasteiger partial charge in [0, 0.05) is 6.42 Å². The first-order chi connectivity index (χ1) is 10.8. The molecule has 24 heavy (non-hydrogen) atoms. The van der Waals surface area contributed by atoms with E-state index in [1.165, 1.54) is 5.57 Å². The van der Waals surface area contributed by atoms with Gasteiger partial charge in [-0.15, -0.1) is 0 Å². The molecule has 0 rings (SSSR count). The normalized spacial score (nSPS) is 14.1. The maximum absolute atomic E-state index is 11.0. The van der Waals surface area contributed by atoms with Gasteiger partial charge >= 0.3 is 0 Å². The molecule has 0 radical (unpaired) electrons. The second-order valence-corrected chi connectivity index (χ2v) is 8.98. The number of hydrogen-bond donors (Lipinski definition) is 0. The van der Waals surface area contributed by atoms with Crippen LogP contribution in [0.4, 0.5) is 0 Å². The molecule has 0 fully saturated rings. The number of Topliss-reactive ketones (excluding diaryl/α,β-unsaturated/α-hetero) is 1. The highest BCUT2D eigenvalue weighted by Gasteiger charge is 2.25. The Morgan fingerprint density at radius 3 is 1.79 bits per heavy atom. The fraction of sp³-hybridized carbons (Fsp3) is 0.857. The van der Waals surface area contributed by atoms with Crippen molar-refractivity contribution >= 4 is 5.78 Å². The van der Waals surface area contributed by atoms with Gasteiger partial charge in [0.05, 0.1) is 24.4 Å². The zero-order chi connectivity index (χ0) is 19.0. The molecule has 0 N–H and O–H groups in total. The van der Waals surface area contributed by atoms with Crippen molar-refractivity contribution in [3.63, 3.8) is 0 Å². The number of carbonyl (C=O) groups excluding carboxylic acids is 1. The number of rotatable bonds is 11. The molecule has 0 amide bonds. The maximum atomic E-state index is 11.0. The standard InChI is InChI=1S/C21H40O3/c1-10-18(19(3,4)5)11-13-20(6,7)24-16-14-21(8,9)23-15-12-17(2)22/h10H,11-16H2,1-9H3. The molecule has 0 saturated carbocycles. The van der Waals surface area contributed by atoms with Gasteiger partial charge in [-0.1, -0.05) is 32.4 Å². The molecule has 0 aromatic carbocycles. The summed E-state index contributed by atoms with van der Waals surface area (Å²) in [6.45, 7) is 20.1. The summed E-state index contributed by atoms with van der Waals surface area (Å²) in [6, 6.07) is 0. The van der Waals surface area contributed by atoms with Gasteiger partial charge in [-0.3, -0.25) is 4.79 Å². The highest BCUT2D eigenvalue weighted by molar-refractivity contribution is 5.75. The third kappa shape index (κ3) is 11.0. The summed E-state index contributed by atoms with van der Waals surface area (Å²) in [6.07, 6.45) is 5.61. The lowest BCUT2D eigenvalue weighted by Crippen LogP contribution is -2.31. The number of ether oxygens (including phenoxy) is 2. The zero-order valence-corrected chi connectivity index (χ0v) is 17.5. The first kappa shape index (κ1) is 23.3. The topological polar surface area (TPSA) is 35.5 Å². The molecule has 0 saturated heterocycles. The van der Waals surface area contributed by atoms with Gasteiger partial charge in [0.2, 0.25) is 0 Å². The van der Waals surface area contributed by atoms with E-state index >= 15 is 0 Å². The predicted molar refractivity (Wildman–Crippen MR) is 102 cm³/mol. The first-order valence-corrected chi connectivity index (χ1v) is 9.22. The molecule has 0 aliphatic carbocycles. The Kier molecular flexibility index (Phi) is 9.45. The van der Waals surface area contributed by atoms with Gasteiger partial charge in [-0.2, -0.15) is 0 Å². The lowest BCUT2D eigenvalue weighted by atomic mass is 9.82. The molecule has 0 heterocycles. The molecular weight excluding hydrogens is 300 g/mol. The van der Waals surface area contributed by atoms with E-state index in [0.29, 0.717) is 19.6 Å². The lowest BCUT2D eigenvalue weighted by Gasteiger charge is -2.31. The molecule has 0 aromatic heterocycles. The first-order valence-electron chi connectivity index (χ1n) is 9.22. The van der Waals surface area contributed by atoms with Crippen LogP contribution in [0.25, 0.3) is 0 Å². The van der Waals surface area contributed by atoms with Gasteiger partial charge in [0.25, 0.3) is 0 Å². The van der Waals surface area contributed by atoms with E-state index in [1.807, 2.05) is 0 Å². The highest BCUT2D eigenvalue weighted by atomic mass is 16.5. The SMILES string of the molecule is CC=C(CCC(C)(C)OCCC(C)(C)OCCC(C)=O)C(C)(C)C. The van der Waals surface area contributed by atoms with E-state index in [-0.39, 0.29) is 22.4 Å². The lowest BCUT2D eigenvalue weighted by molar-refractivity contribution is -0.120. The van der Waals surface area contributed by atoms with Crippen LogP contribution in [0.2, 0.25) is 0 Å². The van der Waals surface area contributed by atoms with Gasteiger partial charge < -0.3 is 9.47 Å². The zero-order valence-electron chi connectivity index (χ0n) is 17.5. The van der Waals surface area contributed by atoms with Crippen molar-refractivity contribution in [1.29, 1.82) is 0 Å². The average Bonchev–Trinajstić information content (AvgIpc) is 2.36. The van der Waals surface area contributed by atoms with Crippen molar-refractivity contribution in [3.8, 4) is 0 Å². The molecular formula is C21H40O3. The van der Waals surface area contributed by atoms with E-state index < -0.39 is 0 Å². The summed E-state index contributed by atoms with van der Waals surface area (Å²) >= 11 is 0. The van der Waals surface area contributed by atoms with Crippen LogP contribution in [0.15, 0.2) is 11.6 Å². The summed E-state index contributed by atoms with van der Waals surface area (Å²) in [5.41, 5.74) is 1.30. The van der Waals surface area contributed by atoms with Crippen molar-refractivity contribution in [2.45, 2.75) is 99.2 Å². The summed E-state index contributed by atoms with van der Waals surface area (Å²) in [5.74, 6) is 0.168. The smallest absolute Gasteiger partial charge is 0.132 e. The van der Waals surface area contributed by atoms with Crippen molar-refractivity contribution < 1.29 is 14.3 Å². The van der Waals surface area contributed by atoms with Crippen molar-refractivity contribution in [2.75, 3.05) is 13.2 Å². The van der Waals surface area contributed by atoms with Crippen LogP contribution >= 0.6 is 0 Å². The van der Waals surface area contributed by atoms with Crippen molar-refractivity contribution in [2.24, 2.45) is 5.41 Å². The summed E-state index contributed by atoms with van der Waals surface area (Å²) in [7, 11) is 0.